The Morgan fingerprint density at radius 3 is 2.39 bits per heavy atom. The number of carbonyl (C=O) groups is 1. The molecule has 1 aliphatic rings. The van der Waals surface area contributed by atoms with Crippen molar-refractivity contribution in [3.63, 3.8) is 0 Å². The summed E-state index contributed by atoms with van der Waals surface area (Å²) in [6.07, 6.45) is 14.0. The minimum atomic E-state index is -0.680. The average Bonchev–Trinajstić information content (AvgIpc) is 2.45. The summed E-state index contributed by atoms with van der Waals surface area (Å²) in [4.78, 5) is 11.3. The molecular weight excluding hydrogens is 284 g/mol. The summed E-state index contributed by atoms with van der Waals surface area (Å²) in [5, 5.41) is 9.29. The molecule has 0 heterocycles. The van der Waals surface area contributed by atoms with Crippen LogP contribution in [0.2, 0.25) is 0 Å². The standard InChI is InChI=1S/C21H30O2/c1-7-15(2)9-8-10-16(3)11-12-19-17(4)13-18(20(22)23)14-21(19,5)6/h7-12,18H,13-14H2,1-6H3,(H,22,23). The Labute approximate surface area is 141 Å². The molecule has 0 saturated heterocycles. The van der Waals surface area contributed by atoms with Crippen molar-refractivity contribution < 1.29 is 9.90 Å². The maximum Gasteiger partial charge on any atom is 0.306 e. The Kier molecular flexibility index (Phi) is 6.80. The van der Waals surface area contributed by atoms with Crippen molar-refractivity contribution in [3.8, 4) is 0 Å². The molecule has 0 fully saturated rings. The predicted molar refractivity (Wildman–Crippen MR) is 98.3 cm³/mol. The molecule has 0 amide bonds. The van der Waals surface area contributed by atoms with Gasteiger partial charge < -0.3 is 5.11 Å². The van der Waals surface area contributed by atoms with E-state index in [4.69, 9.17) is 0 Å². The first kappa shape index (κ1) is 19.2. The fourth-order valence-electron chi connectivity index (χ4n) is 3.12. The minimum absolute atomic E-state index is 0.0977. The molecule has 23 heavy (non-hydrogen) atoms. The molecule has 1 rings (SSSR count). The van der Waals surface area contributed by atoms with E-state index in [0.29, 0.717) is 12.8 Å². The van der Waals surface area contributed by atoms with Crippen molar-refractivity contribution in [1.29, 1.82) is 0 Å². The van der Waals surface area contributed by atoms with E-state index in [1.807, 2.05) is 6.92 Å². The van der Waals surface area contributed by atoms with Crippen LogP contribution in [0.5, 0.6) is 0 Å². The van der Waals surface area contributed by atoms with E-state index in [2.05, 4.69) is 71.1 Å². The Bertz CT molecular complexity index is 595. The molecule has 0 aromatic carbocycles. The van der Waals surface area contributed by atoms with Gasteiger partial charge in [-0.25, -0.2) is 0 Å². The summed E-state index contributed by atoms with van der Waals surface area (Å²) in [6, 6.07) is 0. The topological polar surface area (TPSA) is 37.3 Å². The highest BCUT2D eigenvalue weighted by Gasteiger charge is 2.35. The summed E-state index contributed by atoms with van der Waals surface area (Å²) < 4.78 is 0. The normalized spacial score (nSPS) is 23.1. The van der Waals surface area contributed by atoms with Gasteiger partial charge in [-0.15, -0.1) is 0 Å². The molecule has 1 aliphatic carbocycles. The number of aliphatic carboxylic acids is 1. The molecule has 0 aromatic heterocycles. The van der Waals surface area contributed by atoms with E-state index in [9.17, 15) is 9.90 Å². The number of carboxylic acid groups (broad SMARTS) is 1. The first-order chi connectivity index (χ1) is 10.7. The molecule has 0 aromatic rings. The smallest absolute Gasteiger partial charge is 0.306 e. The highest BCUT2D eigenvalue weighted by molar-refractivity contribution is 5.71. The van der Waals surface area contributed by atoms with E-state index in [1.165, 1.54) is 22.3 Å². The van der Waals surface area contributed by atoms with Crippen molar-refractivity contribution in [2.75, 3.05) is 0 Å². The second-order valence-corrected chi connectivity index (χ2v) is 7.16. The van der Waals surface area contributed by atoms with Crippen molar-refractivity contribution in [2.45, 2.75) is 54.4 Å². The Hall–Kier alpha value is -1.83. The second kappa shape index (κ2) is 8.14. The maximum absolute atomic E-state index is 11.3. The van der Waals surface area contributed by atoms with Crippen molar-refractivity contribution in [2.24, 2.45) is 11.3 Å². The molecule has 0 radical (unpaired) electrons. The molecule has 0 bridgehead atoms. The summed E-state index contributed by atoms with van der Waals surface area (Å²) in [7, 11) is 0. The molecule has 0 aliphatic heterocycles. The molecule has 2 nitrogen and oxygen atoms in total. The van der Waals surface area contributed by atoms with Crippen LogP contribution < -0.4 is 0 Å². The van der Waals surface area contributed by atoms with Gasteiger partial charge >= 0.3 is 5.97 Å². The lowest BCUT2D eigenvalue weighted by molar-refractivity contribution is -0.142. The van der Waals surface area contributed by atoms with Crippen LogP contribution in [0.25, 0.3) is 0 Å². The molecule has 126 valence electrons. The zero-order valence-electron chi connectivity index (χ0n) is 15.3. The van der Waals surface area contributed by atoms with Crippen LogP contribution in [-0.2, 0) is 4.79 Å². The van der Waals surface area contributed by atoms with Crippen LogP contribution in [0.1, 0.15) is 54.4 Å². The molecule has 0 saturated carbocycles. The number of hydrogen-bond acceptors (Lipinski definition) is 1. The lowest BCUT2D eigenvalue weighted by atomic mass is 9.68. The van der Waals surface area contributed by atoms with Crippen molar-refractivity contribution >= 4 is 5.97 Å². The maximum atomic E-state index is 11.3. The van der Waals surface area contributed by atoms with Crippen LogP contribution in [0.4, 0.5) is 0 Å². The molecule has 1 N–H and O–H groups in total. The lowest BCUT2D eigenvalue weighted by Crippen LogP contribution is -2.29. The van der Waals surface area contributed by atoms with Gasteiger partial charge in [0.15, 0.2) is 0 Å². The molecule has 1 atom stereocenters. The van der Waals surface area contributed by atoms with E-state index < -0.39 is 5.97 Å². The van der Waals surface area contributed by atoms with Gasteiger partial charge in [0.1, 0.15) is 0 Å². The first-order valence-electron chi connectivity index (χ1n) is 8.26. The van der Waals surface area contributed by atoms with E-state index in [0.717, 1.165) is 0 Å². The van der Waals surface area contributed by atoms with Gasteiger partial charge in [0.05, 0.1) is 5.92 Å². The van der Waals surface area contributed by atoms with E-state index >= 15 is 0 Å². The fourth-order valence-corrected chi connectivity index (χ4v) is 3.12. The first-order valence-corrected chi connectivity index (χ1v) is 8.26. The van der Waals surface area contributed by atoms with Crippen molar-refractivity contribution in [1.82, 2.24) is 0 Å². The molecular formula is C21H30O2. The van der Waals surface area contributed by atoms with Crippen LogP contribution >= 0.6 is 0 Å². The highest BCUT2D eigenvalue weighted by Crippen LogP contribution is 2.43. The fraction of sp³-hybridized carbons (Fsp3) is 0.476. The highest BCUT2D eigenvalue weighted by atomic mass is 16.4. The van der Waals surface area contributed by atoms with Crippen LogP contribution in [-0.4, -0.2) is 11.1 Å². The number of rotatable bonds is 5. The molecule has 0 spiro atoms. The third-order valence-electron chi connectivity index (χ3n) is 4.53. The molecule has 2 heteroatoms. The van der Waals surface area contributed by atoms with Gasteiger partial charge in [-0.1, -0.05) is 67.0 Å². The number of hydrogen-bond donors (Lipinski definition) is 1. The van der Waals surface area contributed by atoms with Gasteiger partial charge in [0.25, 0.3) is 0 Å². The monoisotopic (exact) mass is 314 g/mol. The van der Waals surface area contributed by atoms with Gasteiger partial charge in [0.2, 0.25) is 0 Å². The molecule has 1 unspecified atom stereocenters. The number of allylic oxidation sites excluding steroid dienone is 10. The van der Waals surface area contributed by atoms with Gasteiger partial charge in [0, 0.05) is 0 Å². The van der Waals surface area contributed by atoms with Crippen molar-refractivity contribution in [3.05, 3.63) is 58.7 Å². The zero-order chi connectivity index (χ0) is 17.6. The average molecular weight is 314 g/mol. The minimum Gasteiger partial charge on any atom is -0.481 e. The summed E-state index contributed by atoms with van der Waals surface area (Å²) in [5.41, 5.74) is 4.79. The largest absolute Gasteiger partial charge is 0.481 e. The SMILES string of the molecule is CC=C(C)C=CC=C(C)C=CC1=C(C)CC(C(=O)O)CC1(C)C. The second-order valence-electron chi connectivity index (χ2n) is 7.16. The van der Waals surface area contributed by atoms with Crippen LogP contribution in [0.15, 0.2) is 58.7 Å². The van der Waals surface area contributed by atoms with E-state index in [-0.39, 0.29) is 11.3 Å². The van der Waals surface area contributed by atoms with E-state index in [1.54, 1.807) is 0 Å². The Morgan fingerprint density at radius 1 is 1.22 bits per heavy atom. The number of carboxylic acids is 1. The third-order valence-corrected chi connectivity index (χ3v) is 4.53. The quantitative estimate of drug-likeness (QED) is 0.646. The van der Waals surface area contributed by atoms with Crippen LogP contribution in [0.3, 0.4) is 0 Å². The third kappa shape index (κ3) is 5.70. The van der Waals surface area contributed by atoms with Gasteiger partial charge in [-0.2, -0.15) is 0 Å². The van der Waals surface area contributed by atoms with Crippen LogP contribution in [0, 0.1) is 11.3 Å². The summed E-state index contributed by atoms with van der Waals surface area (Å²) >= 11 is 0. The summed E-state index contributed by atoms with van der Waals surface area (Å²) in [6.45, 7) is 12.5. The Balaban J connectivity index is 2.93. The Morgan fingerprint density at radius 2 is 1.87 bits per heavy atom. The zero-order valence-corrected chi connectivity index (χ0v) is 15.3. The lowest BCUT2D eigenvalue weighted by Gasteiger charge is -2.36. The predicted octanol–water partition coefficient (Wildman–Crippen LogP) is 5.85. The summed E-state index contributed by atoms with van der Waals surface area (Å²) in [5.74, 6) is -0.938. The van der Waals surface area contributed by atoms with Gasteiger partial charge in [-0.05, 0) is 51.5 Å². The van der Waals surface area contributed by atoms with Gasteiger partial charge in [-0.3, -0.25) is 4.79 Å².